The average Bonchev–Trinajstić information content (AvgIpc) is 3.10. The van der Waals surface area contributed by atoms with Gasteiger partial charge in [-0.25, -0.2) is 4.79 Å². The number of fused-ring (bicyclic) bond motifs is 1. The van der Waals surface area contributed by atoms with Crippen LogP contribution in [0.2, 0.25) is 0 Å². The number of aromatic amines is 1. The molecule has 148 valence electrons. The van der Waals surface area contributed by atoms with Crippen LogP contribution in [0.25, 0.3) is 10.9 Å². The summed E-state index contributed by atoms with van der Waals surface area (Å²) in [5.74, 6) is -1.45. The molecule has 9 heteroatoms. The topological polar surface area (TPSA) is 135 Å². The summed E-state index contributed by atoms with van der Waals surface area (Å²) in [6.45, 7) is -6.03. The van der Waals surface area contributed by atoms with Gasteiger partial charge in [0, 0.05) is 31.9 Å². The van der Waals surface area contributed by atoms with Crippen LogP contribution in [-0.4, -0.2) is 87.5 Å². The summed E-state index contributed by atoms with van der Waals surface area (Å²) in [6, 6.07) is 4.74. The maximum absolute atomic E-state index is 11.3. The summed E-state index contributed by atoms with van der Waals surface area (Å²) in [7, 11) is 0. The monoisotopic (exact) mass is 386 g/mol. The standard InChI is InChI=1S/C18H24N2O7/c1-20(2)7-6-9-8-19-10-4-3-5-11(12(9)10)26-18-15(23)13(21)14(22)16(27-18)17(24)25/h3-5,8,13-16,18-19,21-23H,6-7H2,1-2H3,(H,24,25)/t13-,14-,15+,16-,18+/m0/s1/i1D3,2D3. The van der Waals surface area contributed by atoms with Gasteiger partial charge in [0.05, 0.1) is 0 Å². The van der Waals surface area contributed by atoms with Crippen LogP contribution < -0.4 is 4.74 Å². The number of aliphatic hydroxyl groups is 3. The molecule has 0 saturated carbocycles. The Bertz CT molecular complexity index is 981. The number of aliphatic carboxylic acids is 1. The highest BCUT2D eigenvalue weighted by Crippen LogP contribution is 2.32. The largest absolute Gasteiger partial charge is 0.479 e. The van der Waals surface area contributed by atoms with E-state index in [0.717, 1.165) is 0 Å². The zero-order valence-corrected chi connectivity index (χ0v) is 14.1. The molecule has 1 aromatic carbocycles. The van der Waals surface area contributed by atoms with Crippen LogP contribution in [0.5, 0.6) is 5.75 Å². The zero-order valence-electron chi connectivity index (χ0n) is 20.1. The third-order valence-corrected chi connectivity index (χ3v) is 4.41. The van der Waals surface area contributed by atoms with Crippen molar-refractivity contribution in [3.05, 3.63) is 30.0 Å². The minimum atomic E-state index is -2.85. The molecule has 27 heavy (non-hydrogen) atoms. The number of carboxylic acid groups (broad SMARTS) is 1. The Balaban J connectivity index is 1.88. The zero-order chi connectivity index (χ0) is 24.7. The van der Waals surface area contributed by atoms with E-state index >= 15 is 0 Å². The van der Waals surface area contributed by atoms with Crippen LogP contribution in [0.3, 0.4) is 0 Å². The first kappa shape index (κ1) is 13.1. The maximum Gasteiger partial charge on any atom is 0.335 e. The molecule has 1 aromatic heterocycles. The van der Waals surface area contributed by atoms with Crippen LogP contribution in [0, 0.1) is 0 Å². The minimum Gasteiger partial charge on any atom is -0.479 e. The second kappa shape index (κ2) is 7.83. The Morgan fingerprint density at radius 1 is 1.30 bits per heavy atom. The van der Waals surface area contributed by atoms with Crippen molar-refractivity contribution in [1.82, 2.24) is 9.88 Å². The van der Waals surface area contributed by atoms with Gasteiger partial charge >= 0.3 is 5.97 Å². The Morgan fingerprint density at radius 3 is 2.78 bits per heavy atom. The highest BCUT2D eigenvalue weighted by Gasteiger charge is 2.48. The average molecular weight is 386 g/mol. The van der Waals surface area contributed by atoms with Gasteiger partial charge in [0.15, 0.2) is 6.10 Å². The molecule has 0 aliphatic carbocycles. The van der Waals surface area contributed by atoms with Crippen molar-refractivity contribution in [1.29, 1.82) is 0 Å². The fourth-order valence-electron chi connectivity index (χ4n) is 3.02. The van der Waals surface area contributed by atoms with Crippen molar-refractivity contribution in [2.45, 2.75) is 37.1 Å². The number of hydrogen-bond donors (Lipinski definition) is 5. The fourth-order valence-corrected chi connectivity index (χ4v) is 3.02. The summed E-state index contributed by atoms with van der Waals surface area (Å²) in [6.07, 6.45) is -7.42. The van der Waals surface area contributed by atoms with E-state index in [1.54, 1.807) is 18.3 Å². The van der Waals surface area contributed by atoms with Crippen molar-refractivity contribution in [3.63, 3.8) is 0 Å². The van der Waals surface area contributed by atoms with Crippen molar-refractivity contribution < 1.29 is 42.9 Å². The van der Waals surface area contributed by atoms with Crippen molar-refractivity contribution in [3.8, 4) is 5.75 Å². The molecule has 0 unspecified atom stereocenters. The van der Waals surface area contributed by atoms with Crippen molar-refractivity contribution in [2.24, 2.45) is 0 Å². The molecule has 0 bridgehead atoms. The lowest BCUT2D eigenvalue weighted by Gasteiger charge is -2.38. The minimum absolute atomic E-state index is 0.00429. The number of ether oxygens (including phenoxy) is 2. The van der Waals surface area contributed by atoms with Gasteiger partial charge in [-0.15, -0.1) is 0 Å². The van der Waals surface area contributed by atoms with E-state index in [-0.39, 0.29) is 18.7 Å². The van der Waals surface area contributed by atoms with E-state index in [1.165, 1.54) is 6.07 Å². The predicted octanol–water partition coefficient (Wildman–Crippen LogP) is -0.457. The molecular formula is C18H24N2O7. The molecule has 1 saturated heterocycles. The number of rotatable bonds is 6. The lowest BCUT2D eigenvalue weighted by molar-refractivity contribution is -0.270. The summed E-state index contributed by atoms with van der Waals surface area (Å²) < 4.78 is 55.7. The lowest BCUT2D eigenvalue weighted by atomic mass is 9.99. The van der Waals surface area contributed by atoms with Crippen LogP contribution in [-0.2, 0) is 16.0 Å². The SMILES string of the molecule is [2H]C([2H])([2H])N(CCc1c[nH]c2cccc(O[C@@H]3O[C@H](C(=O)O)[C@@H](O)[C@H](O)[C@H]3O)c12)C([2H])([2H])[2H]. The quantitative estimate of drug-likeness (QED) is 0.450. The first-order valence-corrected chi connectivity index (χ1v) is 8.17. The molecule has 1 aliphatic heterocycles. The molecule has 5 N–H and O–H groups in total. The number of carboxylic acids is 1. The molecule has 1 fully saturated rings. The number of aliphatic hydroxyl groups excluding tert-OH is 3. The molecule has 0 radical (unpaired) electrons. The summed E-state index contributed by atoms with van der Waals surface area (Å²) in [5, 5.41) is 39.7. The first-order chi connectivity index (χ1) is 15.2. The summed E-state index contributed by atoms with van der Waals surface area (Å²) >= 11 is 0. The highest BCUT2D eigenvalue weighted by atomic mass is 16.7. The Kier molecular flexibility index (Phi) is 3.79. The molecule has 3 rings (SSSR count). The number of aromatic nitrogens is 1. The number of benzene rings is 1. The van der Waals surface area contributed by atoms with Gasteiger partial charge < -0.3 is 39.8 Å². The molecule has 0 amide bonds. The number of hydrogen-bond acceptors (Lipinski definition) is 7. The van der Waals surface area contributed by atoms with Gasteiger partial charge in [-0.3, -0.25) is 0 Å². The van der Waals surface area contributed by atoms with Crippen LogP contribution in [0.4, 0.5) is 0 Å². The van der Waals surface area contributed by atoms with Gasteiger partial charge in [0.2, 0.25) is 6.29 Å². The molecule has 2 aromatic rings. The van der Waals surface area contributed by atoms with E-state index in [1.807, 2.05) is 0 Å². The van der Waals surface area contributed by atoms with Crippen molar-refractivity contribution >= 4 is 16.9 Å². The Labute approximate surface area is 164 Å². The van der Waals surface area contributed by atoms with E-state index in [0.29, 0.717) is 21.4 Å². The Hall–Kier alpha value is -2.17. The predicted molar refractivity (Wildman–Crippen MR) is 95.5 cm³/mol. The van der Waals surface area contributed by atoms with Gasteiger partial charge in [-0.1, -0.05) is 6.07 Å². The van der Waals surface area contributed by atoms with Gasteiger partial charge in [-0.2, -0.15) is 0 Å². The first-order valence-electron chi connectivity index (χ1n) is 11.2. The van der Waals surface area contributed by atoms with Crippen LogP contribution in [0.1, 0.15) is 13.8 Å². The van der Waals surface area contributed by atoms with Gasteiger partial charge in [0.25, 0.3) is 0 Å². The summed E-state index contributed by atoms with van der Waals surface area (Å²) in [5.41, 5.74) is 1.04. The molecular weight excluding hydrogens is 356 g/mol. The third-order valence-electron chi connectivity index (χ3n) is 4.41. The van der Waals surface area contributed by atoms with E-state index in [4.69, 9.17) is 17.7 Å². The Morgan fingerprint density at radius 2 is 2.07 bits per heavy atom. The van der Waals surface area contributed by atoms with E-state index in [2.05, 4.69) is 4.98 Å². The number of likely N-dealkylation sites (N-methyl/N-ethyl adjacent to an activating group) is 1. The molecule has 5 atom stereocenters. The molecule has 1 aliphatic rings. The smallest absolute Gasteiger partial charge is 0.335 e. The number of carbonyl (C=O) groups is 1. The second-order valence-corrected chi connectivity index (χ2v) is 6.25. The molecule has 9 nitrogen and oxygen atoms in total. The number of H-pyrrole nitrogens is 1. The molecule has 2 heterocycles. The van der Waals surface area contributed by atoms with Crippen LogP contribution in [0.15, 0.2) is 24.4 Å². The van der Waals surface area contributed by atoms with Crippen molar-refractivity contribution in [2.75, 3.05) is 20.5 Å². The lowest BCUT2D eigenvalue weighted by Crippen LogP contribution is -2.61. The molecule has 0 spiro atoms. The number of nitrogens with zero attached hydrogens (tertiary/aromatic N) is 1. The van der Waals surface area contributed by atoms with Crippen LogP contribution >= 0.6 is 0 Å². The van der Waals surface area contributed by atoms with E-state index < -0.39 is 50.6 Å². The van der Waals surface area contributed by atoms with Gasteiger partial charge in [0.1, 0.15) is 24.1 Å². The second-order valence-electron chi connectivity index (χ2n) is 6.25. The number of nitrogens with one attached hydrogen (secondary N) is 1. The summed E-state index contributed by atoms with van der Waals surface area (Å²) in [4.78, 5) is 14.7. The van der Waals surface area contributed by atoms with E-state index in [9.17, 15) is 25.2 Å². The fraction of sp³-hybridized carbons (Fsp3) is 0.500. The third kappa shape index (κ3) is 3.92. The normalized spacial score (nSPS) is 32.8. The van der Waals surface area contributed by atoms with Gasteiger partial charge in [-0.05, 0) is 38.1 Å². The maximum atomic E-state index is 11.3. The highest BCUT2D eigenvalue weighted by molar-refractivity contribution is 5.89.